The second kappa shape index (κ2) is 17.9. The average molecular weight is 673 g/mol. The quantitative estimate of drug-likeness (QED) is 0.150. The summed E-state index contributed by atoms with van der Waals surface area (Å²) < 4.78 is 55.4. The van der Waals surface area contributed by atoms with Crippen molar-refractivity contribution in [3.63, 3.8) is 0 Å². The fourth-order valence-corrected chi connectivity index (χ4v) is 5.84. The van der Waals surface area contributed by atoms with Crippen LogP contribution < -0.4 is 15.4 Å². The zero-order valence-electron chi connectivity index (χ0n) is 27.5. The number of nitrogens with one attached hydrogen (secondary N) is 3. The first kappa shape index (κ1) is 37.6. The minimum absolute atomic E-state index is 0.0236. The minimum atomic E-state index is -3.75. The van der Waals surface area contributed by atoms with E-state index >= 15 is 0 Å². The monoisotopic (exact) mass is 672 g/mol. The third-order valence-corrected chi connectivity index (χ3v) is 8.92. The van der Waals surface area contributed by atoms with Crippen LogP contribution >= 0.6 is 0 Å². The van der Waals surface area contributed by atoms with Crippen molar-refractivity contribution < 1.29 is 31.9 Å². The molecule has 0 bridgehead atoms. The molecule has 0 radical (unpaired) electrons. The number of carbonyl (C=O) groups excluding carboxylic acids is 2. The number of amides is 2. The second-order valence-corrected chi connectivity index (χ2v) is 13.5. The Morgan fingerprint density at radius 1 is 0.851 bits per heavy atom. The van der Waals surface area contributed by atoms with E-state index in [1.54, 1.807) is 4.90 Å². The van der Waals surface area contributed by atoms with Gasteiger partial charge in [-0.3, -0.25) is 14.3 Å². The summed E-state index contributed by atoms with van der Waals surface area (Å²) in [7, 11) is -3.75. The Labute approximate surface area is 276 Å². The van der Waals surface area contributed by atoms with Crippen molar-refractivity contribution in [1.82, 2.24) is 15.5 Å². The van der Waals surface area contributed by atoms with E-state index in [1.807, 2.05) is 32.0 Å². The van der Waals surface area contributed by atoms with Gasteiger partial charge in [0.1, 0.15) is 11.6 Å². The van der Waals surface area contributed by atoms with Crippen molar-refractivity contribution in [2.75, 3.05) is 30.1 Å². The van der Waals surface area contributed by atoms with Crippen LogP contribution in [0.1, 0.15) is 77.9 Å². The van der Waals surface area contributed by atoms with Crippen LogP contribution in [-0.2, 0) is 29.4 Å². The number of aliphatic hydroxyl groups is 1. The molecule has 0 saturated carbocycles. The Balaban J connectivity index is 1.93. The number of anilines is 1. The highest BCUT2D eigenvalue weighted by Crippen LogP contribution is 2.20. The van der Waals surface area contributed by atoms with Crippen molar-refractivity contribution in [3.8, 4) is 0 Å². The summed E-state index contributed by atoms with van der Waals surface area (Å²) in [6, 6.07) is 14.0. The summed E-state index contributed by atoms with van der Waals surface area (Å²) >= 11 is 0. The van der Waals surface area contributed by atoms with Crippen LogP contribution in [0.25, 0.3) is 0 Å². The molecule has 3 rings (SSSR count). The van der Waals surface area contributed by atoms with E-state index < -0.39 is 39.7 Å². The predicted octanol–water partition coefficient (Wildman–Crippen LogP) is 5.04. The van der Waals surface area contributed by atoms with Crippen LogP contribution in [0.15, 0.2) is 60.7 Å². The number of aryl methyl sites for hydroxylation is 1. The topological polar surface area (TPSA) is 128 Å². The number of sulfonamides is 1. The van der Waals surface area contributed by atoms with E-state index in [-0.39, 0.29) is 47.0 Å². The van der Waals surface area contributed by atoms with Crippen molar-refractivity contribution >= 4 is 27.5 Å². The van der Waals surface area contributed by atoms with E-state index in [0.717, 1.165) is 35.7 Å². The molecule has 0 heterocycles. The van der Waals surface area contributed by atoms with Gasteiger partial charge in [0.15, 0.2) is 0 Å². The first-order valence-electron chi connectivity index (χ1n) is 16.0. The van der Waals surface area contributed by atoms with Gasteiger partial charge in [0, 0.05) is 43.4 Å². The maximum Gasteiger partial charge on any atom is 0.253 e. The lowest BCUT2D eigenvalue weighted by molar-refractivity contribution is 0.0755. The van der Waals surface area contributed by atoms with Crippen molar-refractivity contribution in [2.45, 2.75) is 72.1 Å². The van der Waals surface area contributed by atoms with Crippen LogP contribution in [0.2, 0.25) is 0 Å². The van der Waals surface area contributed by atoms with Crippen LogP contribution in [0.5, 0.6) is 0 Å². The number of halogens is 2. The molecule has 47 heavy (non-hydrogen) atoms. The molecule has 3 aromatic carbocycles. The smallest absolute Gasteiger partial charge is 0.253 e. The number of hydrogen-bond acceptors (Lipinski definition) is 6. The Bertz CT molecular complexity index is 1590. The first-order valence-corrected chi connectivity index (χ1v) is 17.7. The molecule has 0 spiro atoms. The maximum atomic E-state index is 14.1. The number of carbonyl (C=O) groups is 2. The minimum Gasteiger partial charge on any atom is -0.390 e. The fraction of sp³-hybridized carbons (Fsp3) is 0.429. The normalized spacial score (nSPS) is 12.7. The fourth-order valence-electron chi connectivity index (χ4n) is 5.21. The number of nitrogens with zero attached hydrogens (tertiary/aromatic N) is 1. The molecular formula is C35H46F2N4O5S. The average Bonchev–Trinajstić information content (AvgIpc) is 3.03. The van der Waals surface area contributed by atoms with Crippen LogP contribution in [0, 0.1) is 11.6 Å². The summed E-state index contributed by atoms with van der Waals surface area (Å²) in [6.45, 7) is 8.84. The number of hydrogen-bond donors (Lipinski definition) is 4. The Hall–Kier alpha value is -3.87. The largest absolute Gasteiger partial charge is 0.390 e. The summed E-state index contributed by atoms with van der Waals surface area (Å²) in [6.07, 6.45) is 0.994. The summed E-state index contributed by atoms with van der Waals surface area (Å²) in [5.74, 6) is -2.87. The number of aliphatic hydroxyl groups excluding tert-OH is 1. The van der Waals surface area contributed by atoms with Crippen molar-refractivity contribution in [3.05, 3.63) is 100 Å². The lowest BCUT2D eigenvalue weighted by atomic mass is 9.99. The second-order valence-electron chi connectivity index (χ2n) is 11.5. The van der Waals surface area contributed by atoms with E-state index in [2.05, 4.69) is 28.3 Å². The van der Waals surface area contributed by atoms with E-state index in [1.165, 1.54) is 25.1 Å². The zero-order chi connectivity index (χ0) is 34.6. The summed E-state index contributed by atoms with van der Waals surface area (Å²) in [5, 5.41) is 17.2. The van der Waals surface area contributed by atoms with Crippen molar-refractivity contribution in [2.24, 2.45) is 0 Å². The highest BCUT2D eigenvalue weighted by Gasteiger charge is 2.25. The number of benzene rings is 3. The Morgan fingerprint density at radius 2 is 1.49 bits per heavy atom. The predicted molar refractivity (Wildman–Crippen MR) is 181 cm³/mol. The molecule has 2 atom stereocenters. The third kappa shape index (κ3) is 11.7. The Kier molecular flexibility index (Phi) is 14.3. The van der Waals surface area contributed by atoms with Crippen LogP contribution in [0.4, 0.5) is 14.5 Å². The van der Waals surface area contributed by atoms with Gasteiger partial charge in [-0.05, 0) is 79.6 Å². The van der Waals surface area contributed by atoms with Gasteiger partial charge in [0.05, 0.1) is 23.6 Å². The molecule has 0 aromatic heterocycles. The van der Waals surface area contributed by atoms with Crippen LogP contribution in [-0.4, -0.2) is 67.8 Å². The molecule has 2 amide bonds. The van der Waals surface area contributed by atoms with Gasteiger partial charge in [-0.25, -0.2) is 17.2 Å². The van der Waals surface area contributed by atoms with Gasteiger partial charge in [-0.1, -0.05) is 45.0 Å². The molecule has 256 valence electrons. The first-order chi connectivity index (χ1) is 22.4. The van der Waals surface area contributed by atoms with E-state index in [0.29, 0.717) is 32.5 Å². The highest BCUT2D eigenvalue weighted by molar-refractivity contribution is 7.92. The molecule has 3 aromatic rings. The lowest BCUT2D eigenvalue weighted by Crippen LogP contribution is -2.48. The molecule has 12 heteroatoms. The molecular weight excluding hydrogens is 626 g/mol. The van der Waals surface area contributed by atoms with E-state index in [4.69, 9.17) is 0 Å². The summed E-state index contributed by atoms with van der Waals surface area (Å²) in [4.78, 5) is 28.9. The van der Waals surface area contributed by atoms with Gasteiger partial charge in [-0.15, -0.1) is 0 Å². The SMILES string of the molecule is CCCN(CCC)C(=O)c1cc(NS(=O)(=O)CC)cc(C(=O)N[C@@H](Cc2cc(F)cc(F)c2)[C@H](O)CNCc2cccc(CC)c2)c1. The Morgan fingerprint density at radius 3 is 2.11 bits per heavy atom. The molecule has 0 aliphatic rings. The molecule has 4 N–H and O–H groups in total. The molecule has 0 unspecified atom stereocenters. The van der Waals surface area contributed by atoms with Gasteiger partial charge in [0.25, 0.3) is 11.8 Å². The number of rotatable bonds is 18. The lowest BCUT2D eigenvalue weighted by Gasteiger charge is -2.26. The molecule has 0 aliphatic heterocycles. The highest BCUT2D eigenvalue weighted by atomic mass is 32.2. The molecule has 0 fully saturated rings. The van der Waals surface area contributed by atoms with Crippen LogP contribution in [0.3, 0.4) is 0 Å². The van der Waals surface area contributed by atoms with Crippen molar-refractivity contribution in [1.29, 1.82) is 0 Å². The molecule has 0 aliphatic carbocycles. The standard InChI is InChI=1S/C35H46F2N4O5S/c1-5-12-41(13-6-2)35(44)28-18-27(19-31(20-28)40-47(45,46)8-4)34(43)39-32(17-26-15-29(36)21-30(37)16-26)33(42)23-38-22-25-11-9-10-24(7-3)14-25/h9-11,14-16,18-21,32-33,38,40,42H,5-8,12-13,17,22-23H2,1-4H3,(H,39,43)/t32-,33+/m0/s1. The maximum absolute atomic E-state index is 14.1. The van der Waals surface area contributed by atoms with Gasteiger partial charge in [0.2, 0.25) is 10.0 Å². The summed E-state index contributed by atoms with van der Waals surface area (Å²) in [5.41, 5.74) is 2.52. The molecule has 9 nitrogen and oxygen atoms in total. The van der Waals surface area contributed by atoms with E-state index in [9.17, 15) is 31.9 Å². The zero-order valence-corrected chi connectivity index (χ0v) is 28.3. The third-order valence-electron chi connectivity index (χ3n) is 7.61. The molecule has 0 saturated heterocycles. The van der Waals surface area contributed by atoms with Gasteiger partial charge < -0.3 is 20.6 Å². The van der Waals surface area contributed by atoms with Gasteiger partial charge in [-0.2, -0.15) is 0 Å². The van der Waals surface area contributed by atoms with Gasteiger partial charge >= 0.3 is 0 Å².